The van der Waals surface area contributed by atoms with Crippen molar-refractivity contribution in [1.29, 1.82) is 0 Å². The van der Waals surface area contributed by atoms with Crippen molar-refractivity contribution in [3.63, 3.8) is 0 Å². The molecule has 272 valence electrons. The van der Waals surface area contributed by atoms with Gasteiger partial charge in [-0.2, -0.15) is 0 Å². The van der Waals surface area contributed by atoms with Crippen LogP contribution >= 0.6 is 11.6 Å². The molecule has 4 rings (SSSR count). The monoisotopic (exact) mass is 710 g/mol. The number of rotatable bonds is 5. The molecule has 0 bridgehead atoms. The molecule has 0 spiro atoms. The van der Waals surface area contributed by atoms with Crippen molar-refractivity contribution in [1.82, 2.24) is 41.9 Å². The molecule has 4 fully saturated rings. The Morgan fingerprint density at radius 2 is 1.65 bits per heavy atom. The molecule has 4 aliphatic heterocycles. The fraction of sp³-hybridized carbons (Fsp3) is 0.677. The van der Waals surface area contributed by atoms with Crippen LogP contribution < -0.4 is 26.9 Å². The van der Waals surface area contributed by atoms with E-state index in [1.54, 1.807) is 18.2 Å². The zero-order chi connectivity index (χ0) is 35.9. The van der Waals surface area contributed by atoms with Crippen LogP contribution in [0.5, 0.6) is 0 Å². The lowest BCUT2D eigenvalue weighted by atomic mass is 9.99. The molecule has 7 unspecified atom stereocenters. The van der Waals surface area contributed by atoms with Gasteiger partial charge in [-0.25, -0.2) is 21.1 Å². The summed E-state index contributed by atoms with van der Waals surface area (Å²) in [7, 11) is 0. The molecule has 18 heteroatoms. The van der Waals surface area contributed by atoms with Gasteiger partial charge in [0, 0.05) is 26.1 Å². The smallest absolute Gasteiger partial charge is 0.334 e. The molecule has 4 saturated heterocycles. The molecule has 0 aliphatic carbocycles. The minimum Gasteiger partial charge on any atom is -0.454 e. The zero-order valence-corrected chi connectivity index (χ0v) is 28.6. The Labute approximate surface area is 289 Å². The van der Waals surface area contributed by atoms with E-state index in [4.69, 9.17) is 16.3 Å². The van der Waals surface area contributed by atoms with E-state index in [-0.39, 0.29) is 44.7 Å². The van der Waals surface area contributed by atoms with E-state index in [1.807, 2.05) is 19.9 Å². The second-order valence-corrected chi connectivity index (χ2v) is 13.8. The number of carbonyl (C=O) groups is 6. The molecule has 7 atom stereocenters. The fourth-order valence-corrected chi connectivity index (χ4v) is 6.14. The van der Waals surface area contributed by atoms with Gasteiger partial charge in [-0.3, -0.25) is 39.0 Å². The highest BCUT2D eigenvalue weighted by Crippen LogP contribution is 2.23. The minimum absolute atomic E-state index is 0.00258. The number of cyclic esters (lactones) is 1. The van der Waals surface area contributed by atoms with Gasteiger partial charge in [-0.05, 0) is 38.5 Å². The quantitative estimate of drug-likeness (QED) is 0.0912. The summed E-state index contributed by atoms with van der Waals surface area (Å²) in [5.74, 6) is -4.59. The first-order valence-electron chi connectivity index (χ1n) is 16.5. The van der Waals surface area contributed by atoms with Crippen LogP contribution in [0.2, 0.25) is 0 Å². The maximum Gasteiger partial charge on any atom is 0.334 e. The molecule has 0 aromatic carbocycles. The Morgan fingerprint density at radius 1 is 0.939 bits per heavy atom. The highest BCUT2D eigenvalue weighted by molar-refractivity contribution is 6.21. The number of hydrogen-bond acceptors (Lipinski definition) is 12. The average molecular weight is 711 g/mol. The molecule has 0 saturated carbocycles. The van der Waals surface area contributed by atoms with Crippen LogP contribution in [0.25, 0.3) is 0 Å². The van der Waals surface area contributed by atoms with Crippen molar-refractivity contribution in [2.24, 2.45) is 5.92 Å². The van der Waals surface area contributed by atoms with Crippen LogP contribution in [0, 0.1) is 5.92 Å². The maximum absolute atomic E-state index is 14.3. The van der Waals surface area contributed by atoms with Gasteiger partial charge in [0.2, 0.25) is 11.8 Å². The maximum atomic E-state index is 14.3. The fourth-order valence-electron chi connectivity index (χ4n) is 5.91. The number of carbonyl (C=O) groups excluding carboxylic acids is 6. The van der Waals surface area contributed by atoms with Crippen LogP contribution in [0.1, 0.15) is 52.9 Å². The topological polar surface area (TPSA) is 222 Å². The standard InChI is InChI=1S/C31H47ClN8O9/c1-18(2)8-5-4-6-9-21-28(46)40-24(12-19(32)14-34-40)29(47)39-22(10-7-11-33-39)27(45)37-31(3,17-41)30(48)49-16-25(43)38-23(26(44)36-21)13-20(42)15-35-38/h4-6,8,18-24,33-35,41-42H,7,9-17H2,1-3H3,(H,36,44)(H,37,45). The van der Waals surface area contributed by atoms with E-state index in [9.17, 15) is 39.0 Å². The Balaban J connectivity index is 1.75. The van der Waals surface area contributed by atoms with Crippen molar-refractivity contribution < 1.29 is 43.7 Å². The van der Waals surface area contributed by atoms with Crippen LogP contribution in [-0.2, 0) is 33.5 Å². The molecule has 0 radical (unpaired) electrons. The molecule has 0 aromatic rings. The molecule has 4 heterocycles. The largest absolute Gasteiger partial charge is 0.454 e. The van der Waals surface area contributed by atoms with Crippen molar-refractivity contribution in [3.8, 4) is 0 Å². The van der Waals surface area contributed by atoms with E-state index in [0.717, 1.165) is 15.0 Å². The van der Waals surface area contributed by atoms with E-state index in [0.29, 0.717) is 13.0 Å². The Hall–Kier alpha value is -3.61. The normalized spacial score (nSPS) is 33.1. The lowest BCUT2D eigenvalue weighted by Crippen LogP contribution is -2.70. The molecular formula is C31H47ClN8O9. The number of aliphatic hydroxyl groups excluding tert-OH is 2. The summed E-state index contributed by atoms with van der Waals surface area (Å²) in [6.45, 7) is 3.81. The summed E-state index contributed by atoms with van der Waals surface area (Å²) < 4.78 is 5.20. The lowest BCUT2D eigenvalue weighted by molar-refractivity contribution is -0.166. The van der Waals surface area contributed by atoms with Gasteiger partial charge >= 0.3 is 5.97 Å². The Morgan fingerprint density at radius 3 is 2.37 bits per heavy atom. The van der Waals surface area contributed by atoms with Crippen molar-refractivity contribution >= 4 is 47.1 Å². The number of alkyl halides is 1. The summed E-state index contributed by atoms with van der Waals surface area (Å²) in [6.07, 6.45) is 6.62. The van der Waals surface area contributed by atoms with Gasteiger partial charge in [0.25, 0.3) is 17.7 Å². The third-order valence-electron chi connectivity index (χ3n) is 8.68. The summed E-state index contributed by atoms with van der Waals surface area (Å²) in [4.78, 5) is 82.3. The SMILES string of the molecule is CC(C)C=CC=CCC1NC(=O)C2CC(O)CNN2C(=O)COC(=O)C(C)(CO)NC(=O)C2CCCNN2C(=O)C2CC(Cl)CNN2C1=O. The number of aliphatic hydroxyl groups is 2. The lowest BCUT2D eigenvalue weighted by Gasteiger charge is -2.44. The molecule has 0 aromatic heterocycles. The number of allylic oxidation sites excluding steroid dienone is 3. The number of esters is 1. The van der Waals surface area contributed by atoms with E-state index in [1.165, 1.54) is 6.92 Å². The average Bonchev–Trinajstić information content (AvgIpc) is 3.08. The van der Waals surface area contributed by atoms with E-state index in [2.05, 4.69) is 26.9 Å². The number of hydrogen-bond donors (Lipinski definition) is 7. The predicted octanol–water partition coefficient (Wildman–Crippen LogP) is -2.27. The molecule has 7 N–H and O–H groups in total. The molecule has 17 nitrogen and oxygen atoms in total. The molecular weight excluding hydrogens is 664 g/mol. The van der Waals surface area contributed by atoms with Crippen LogP contribution in [0.4, 0.5) is 0 Å². The summed E-state index contributed by atoms with van der Waals surface area (Å²) in [6, 6.07) is -4.92. The van der Waals surface area contributed by atoms with Gasteiger partial charge < -0.3 is 25.6 Å². The highest BCUT2D eigenvalue weighted by atomic mass is 35.5. The minimum atomic E-state index is -2.00. The Kier molecular flexibility index (Phi) is 13.1. The first-order valence-corrected chi connectivity index (χ1v) is 16.9. The van der Waals surface area contributed by atoms with Gasteiger partial charge in [0.1, 0.15) is 24.2 Å². The van der Waals surface area contributed by atoms with Crippen molar-refractivity contribution in [2.75, 3.05) is 32.8 Å². The molecule has 5 amide bonds. The van der Waals surface area contributed by atoms with Gasteiger partial charge in [0.05, 0.1) is 18.1 Å². The number of fused-ring (bicyclic) bond motifs is 3. The number of halogens is 1. The zero-order valence-electron chi connectivity index (χ0n) is 27.9. The van der Waals surface area contributed by atoms with E-state index >= 15 is 0 Å². The molecule has 4 aliphatic rings. The van der Waals surface area contributed by atoms with Crippen LogP contribution in [0.3, 0.4) is 0 Å². The van der Waals surface area contributed by atoms with Gasteiger partial charge in [-0.15, -0.1) is 11.6 Å². The first-order chi connectivity index (χ1) is 23.2. The van der Waals surface area contributed by atoms with E-state index < -0.39 is 89.9 Å². The summed E-state index contributed by atoms with van der Waals surface area (Å²) in [5, 5.41) is 28.3. The second kappa shape index (κ2) is 16.9. The Bertz CT molecular complexity index is 1330. The first kappa shape index (κ1) is 38.2. The number of amides is 5. The number of nitrogens with zero attached hydrogens (tertiary/aromatic N) is 3. The highest BCUT2D eigenvalue weighted by Gasteiger charge is 2.47. The third kappa shape index (κ3) is 9.34. The van der Waals surface area contributed by atoms with Crippen LogP contribution in [-0.4, -0.2) is 135 Å². The number of nitrogens with one attached hydrogen (secondary N) is 5. The number of β-amino-alcohol motifs (C(OH)–C–C–N with tert-alkyl or cyclic N) is 1. The molecule has 49 heavy (non-hydrogen) atoms. The second-order valence-electron chi connectivity index (χ2n) is 13.1. The summed E-state index contributed by atoms with van der Waals surface area (Å²) >= 11 is 6.47. The summed E-state index contributed by atoms with van der Waals surface area (Å²) in [5.41, 5.74) is 6.51. The van der Waals surface area contributed by atoms with Gasteiger partial charge in [-0.1, -0.05) is 38.2 Å². The van der Waals surface area contributed by atoms with Gasteiger partial charge in [0.15, 0.2) is 12.1 Å². The number of ether oxygens (including phenoxy) is 1. The van der Waals surface area contributed by atoms with Crippen molar-refractivity contribution in [2.45, 2.75) is 94.1 Å². The third-order valence-corrected chi connectivity index (χ3v) is 9.01. The number of hydrazine groups is 3. The van der Waals surface area contributed by atoms with Crippen LogP contribution in [0.15, 0.2) is 24.3 Å². The predicted molar refractivity (Wildman–Crippen MR) is 174 cm³/mol. The van der Waals surface area contributed by atoms with Crippen molar-refractivity contribution in [3.05, 3.63) is 24.3 Å².